The van der Waals surface area contributed by atoms with Crippen LogP contribution in [-0.4, -0.2) is 22.9 Å². The fourth-order valence-electron chi connectivity index (χ4n) is 3.28. The number of urea groups is 1. The van der Waals surface area contributed by atoms with Crippen molar-refractivity contribution in [3.05, 3.63) is 109 Å². The van der Waals surface area contributed by atoms with Crippen molar-refractivity contribution < 1.29 is 30.0 Å². The zero-order chi connectivity index (χ0) is 25.8. The average molecular weight is 525 g/mol. The number of hydrogen-bond donors (Lipinski definition) is 1. The molecule has 2 amide bonds. The zero-order valence-electron chi connectivity index (χ0n) is 18.6. The van der Waals surface area contributed by atoms with Crippen LogP contribution in [-0.2, 0) is 20.2 Å². The zero-order valence-corrected chi connectivity index (χ0v) is 20.2. The van der Waals surface area contributed by atoms with Crippen molar-refractivity contribution in [2.45, 2.75) is 9.79 Å². The van der Waals surface area contributed by atoms with E-state index in [1.807, 2.05) is 0 Å². The summed E-state index contributed by atoms with van der Waals surface area (Å²) in [6.07, 6.45) is 0. The Balaban J connectivity index is 1.64. The smallest absolute Gasteiger partial charge is 0.339 e. The lowest BCUT2D eigenvalue weighted by molar-refractivity contribution is 0.256. The number of nitrogens with two attached hydrogens (primary N) is 1. The Labute approximate surface area is 208 Å². The molecule has 0 heterocycles. The molecular weight excluding hydrogens is 504 g/mol. The van der Waals surface area contributed by atoms with E-state index in [0.717, 1.165) is 4.90 Å². The summed E-state index contributed by atoms with van der Waals surface area (Å²) in [5, 5.41) is 0. The molecule has 0 saturated carbocycles. The molecule has 0 saturated heterocycles. The lowest BCUT2D eigenvalue weighted by Crippen LogP contribution is -2.31. The summed E-state index contributed by atoms with van der Waals surface area (Å²) in [5.41, 5.74) is 5.98. The Morgan fingerprint density at radius 3 is 1.33 bits per heavy atom. The summed E-state index contributed by atoms with van der Waals surface area (Å²) in [6, 6.07) is 25.7. The fourth-order valence-corrected chi connectivity index (χ4v) is 5.16. The summed E-state index contributed by atoms with van der Waals surface area (Å²) in [6.45, 7) is 0. The van der Waals surface area contributed by atoms with Crippen molar-refractivity contribution in [3.8, 4) is 11.5 Å². The van der Waals surface area contributed by atoms with Crippen LogP contribution < -0.4 is 19.0 Å². The fraction of sp³-hybridized carbons (Fsp3) is 0. The van der Waals surface area contributed by atoms with Crippen LogP contribution >= 0.6 is 0 Å². The predicted molar refractivity (Wildman–Crippen MR) is 133 cm³/mol. The molecular formula is C25H20N2O7S2. The highest BCUT2D eigenvalue weighted by Crippen LogP contribution is 2.32. The standard InChI is InChI=1S/C25H20N2O7S2/c26-25(28)27(19-9-7-11-21(17-19)33-35(29,30)23-13-3-1-4-14-23)20-10-8-12-22(18-20)34-36(31,32)24-15-5-2-6-16-24/h1-18H,(H2,26,28). The second kappa shape index (κ2) is 10.1. The Bertz CT molecular complexity index is 1480. The van der Waals surface area contributed by atoms with Gasteiger partial charge in [0.1, 0.15) is 21.3 Å². The molecule has 0 aromatic heterocycles. The van der Waals surface area contributed by atoms with Gasteiger partial charge in [0.2, 0.25) is 0 Å². The number of amides is 2. The first-order valence-electron chi connectivity index (χ1n) is 10.4. The normalized spacial score (nSPS) is 11.4. The van der Waals surface area contributed by atoms with Crippen LogP contribution in [0.1, 0.15) is 0 Å². The van der Waals surface area contributed by atoms with E-state index in [4.69, 9.17) is 14.1 Å². The molecule has 2 N–H and O–H groups in total. The van der Waals surface area contributed by atoms with E-state index in [2.05, 4.69) is 0 Å². The summed E-state index contributed by atoms with van der Waals surface area (Å²) in [7, 11) is -8.23. The topological polar surface area (TPSA) is 133 Å². The second-order valence-corrected chi connectivity index (χ2v) is 10.5. The van der Waals surface area contributed by atoms with Crippen LogP contribution in [0.4, 0.5) is 16.2 Å². The van der Waals surface area contributed by atoms with Crippen LogP contribution in [0.2, 0.25) is 0 Å². The summed E-state index contributed by atoms with van der Waals surface area (Å²) < 4.78 is 60.8. The molecule has 0 aliphatic heterocycles. The van der Waals surface area contributed by atoms with E-state index in [1.165, 1.54) is 72.8 Å². The Morgan fingerprint density at radius 2 is 0.972 bits per heavy atom. The van der Waals surface area contributed by atoms with Crippen molar-refractivity contribution in [2.24, 2.45) is 5.73 Å². The van der Waals surface area contributed by atoms with Crippen molar-refractivity contribution in [2.75, 3.05) is 4.90 Å². The Morgan fingerprint density at radius 1 is 0.583 bits per heavy atom. The molecule has 0 atom stereocenters. The average Bonchev–Trinajstić information content (AvgIpc) is 2.85. The Hall–Kier alpha value is -4.35. The number of primary amides is 1. The van der Waals surface area contributed by atoms with Crippen LogP contribution in [0.15, 0.2) is 119 Å². The first kappa shape index (κ1) is 24.8. The molecule has 0 bridgehead atoms. The maximum absolute atomic E-state index is 12.6. The molecule has 4 aromatic rings. The molecule has 0 aliphatic rings. The van der Waals surface area contributed by atoms with Crippen molar-refractivity contribution in [3.63, 3.8) is 0 Å². The van der Waals surface area contributed by atoms with E-state index in [0.29, 0.717) is 0 Å². The minimum absolute atomic E-state index is 0.0355. The highest BCUT2D eigenvalue weighted by molar-refractivity contribution is 7.87. The van der Waals surface area contributed by atoms with Gasteiger partial charge in [-0.15, -0.1) is 0 Å². The van der Waals surface area contributed by atoms with E-state index in [9.17, 15) is 21.6 Å². The van der Waals surface area contributed by atoms with Gasteiger partial charge in [-0.1, -0.05) is 48.5 Å². The van der Waals surface area contributed by atoms with Crippen molar-refractivity contribution in [1.82, 2.24) is 0 Å². The largest absolute Gasteiger partial charge is 0.379 e. The van der Waals surface area contributed by atoms with Gasteiger partial charge in [-0.25, -0.2) is 4.79 Å². The number of carbonyl (C=O) groups is 1. The second-order valence-electron chi connectivity index (χ2n) is 7.37. The van der Waals surface area contributed by atoms with Gasteiger partial charge in [-0.2, -0.15) is 16.8 Å². The molecule has 11 heteroatoms. The van der Waals surface area contributed by atoms with Gasteiger partial charge >= 0.3 is 26.3 Å². The van der Waals surface area contributed by atoms with Crippen LogP contribution in [0, 0.1) is 0 Å². The molecule has 184 valence electrons. The predicted octanol–water partition coefficient (Wildman–Crippen LogP) is 4.44. The minimum atomic E-state index is -4.12. The van der Waals surface area contributed by atoms with Crippen molar-refractivity contribution >= 4 is 37.6 Å². The van der Waals surface area contributed by atoms with E-state index in [1.54, 1.807) is 36.4 Å². The number of hydrogen-bond acceptors (Lipinski definition) is 7. The molecule has 36 heavy (non-hydrogen) atoms. The number of nitrogens with zero attached hydrogens (tertiary/aromatic N) is 1. The summed E-state index contributed by atoms with van der Waals surface area (Å²) in [4.78, 5) is 13.4. The van der Waals surface area contributed by atoms with Crippen molar-refractivity contribution in [1.29, 1.82) is 0 Å². The lowest BCUT2D eigenvalue weighted by Gasteiger charge is -2.22. The maximum atomic E-state index is 12.6. The number of benzene rings is 4. The first-order chi connectivity index (χ1) is 17.2. The minimum Gasteiger partial charge on any atom is -0.379 e. The van der Waals surface area contributed by atoms with E-state index >= 15 is 0 Å². The molecule has 0 aliphatic carbocycles. The molecule has 0 spiro atoms. The molecule has 4 rings (SSSR count). The van der Waals surface area contributed by atoms with E-state index < -0.39 is 26.3 Å². The monoisotopic (exact) mass is 524 g/mol. The van der Waals surface area contributed by atoms with Crippen LogP contribution in [0.3, 0.4) is 0 Å². The van der Waals surface area contributed by atoms with Crippen LogP contribution in [0.25, 0.3) is 0 Å². The molecule has 0 unspecified atom stereocenters. The molecule has 0 radical (unpaired) electrons. The Kier molecular flexibility index (Phi) is 6.95. The van der Waals surface area contributed by atoms with Gasteiger partial charge in [-0.05, 0) is 48.5 Å². The van der Waals surface area contributed by atoms with Gasteiger partial charge < -0.3 is 14.1 Å². The number of rotatable bonds is 8. The summed E-state index contributed by atoms with van der Waals surface area (Å²) in [5.74, 6) is -0.108. The quantitative estimate of drug-likeness (QED) is 0.337. The first-order valence-corrected chi connectivity index (χ1v) is 13.3. The summed E-state index contributed by atoms with van der Waals surface area (Å²) >= 11 is 0. The van der Waals surface area contributed by atoms with Crippen LogP contribution in [0.5, 0.6) is 11.5 Å². The number of anilines is 2. The van der Waals surface area contributed by atoms with Gasteiger partial charge in [0.15, 0.2) is 0 Å². The third kappa shape index (κ3) is 5.65. The maximum Gasteiger partial charge on any atom is 0.339 e. The molecule has 9 nitrogen and oxygen atoms in total. The SMILES string of the molecule is NC(=O)N(c1cccc(OS(=O)(=O)c2ccccc2)c1)c1cccc(OS(=O)(=O)c2ccccc2)c1. The lowest BCUT2D eigenvalue weighted by atomic mass is 10.2. The van der Waals surface area contributed by atoms with E-state index in [-0.39, 0.29) is 32.7 Å². The highest BCUT2D eigenvalue weighted by atomic mass is 32.2. The highest BCUT2D eigenvalue weighted by Gasteiger charge is 2.21. The molecule has 0 fully saturated rings. The van der Waals surface area contributed by atoms with Gasteiger partial charge in [-0.3, -0.25) is 4.90 Å². The third-order valence-electron chi connectivity index (χ3n) is 4.85. The number of carbonyl (C=O) groups excluding carboxylic acids is 1. The van der Waals surface area contributed by atoms with Gasteiger partial charge in [0, 0.05) is 12.1 Å². The third-order valence-corrected chi connectivity index (χ3v) is 7.37. The molecule has 4 aromatic carbocycles. The van der Waals surface area contributed by atoms with Gasteiger partial charge in [0.25, 0.3) is 0 Å². The van der Waals surface area contributed by atoms with Gasteiger partial charge in [0.05, 0.1) is 11.4 Å².